The van der Waals surface area contributed by atoms with Gasteiger partial charge in [-0.25, -0.2) is 0 Å². The molecular formula is C20H18Cl2N4O3S. The molecule has 1 aliphatic rings. The number of nitro groups is 1. The first kappa shape index (κ1) is 22.0. The van der Waals surface area contributed by atoms with Crippen molar-refractivity contribution in [1.82, 2.24) is 10.6 Å². The van der Waals surface area contributed by atoms with Crippen LogP contribution in [0, 0.1) is 16.0 Å². The van der Waals surface area contributed by atoms with E-state index in [-0.39, 0.29) is 11.6 Å². The van der Waals surface area contributed by atoms with Gasteiger partial charge in [-0.3, -0.25) is 14.9 Å². The van der Waals surface area contributed by atoms with E-state index in [4.69, 9.17) is 35.4 Å². The molecule has 1 unspecified atom stereocenters. The van der Waals surface area contributed by atoms with E-state index in [2.05, 4.69) is 16.0 Å². The van der Waals surface area contributed by atoms with Gasteiger partial charge in [0, 0.05) is 23.5 Å². The first-order valence-electron chi connectivity index (χ1n) is 8.99. The van der Waals surface area contributed by atoms with Gasteiger partial charge in [-0.1, -0.05) is 49.2 Å². The molecule has 1 aliphatic heterocycles. The SMILES string of the molecule is CC(C)C1=C(C(=O)Nc2cccc([N+](=O)[O-])c2)C(c2ccc(Cl)c(Cl)c2)NC(=S)N1. The fourth-order valence-corrected chi connectivity index (χ4v) is 3.67. The van der Waals surface area contributed by atoms with E-state index < -0.39 is 16.9 Å². The number of non-ortho nitro benzene ring substituents is 1. The highest BCUT2D eigenvalue weighted by atomic mass is 35.5. The summed E-state index contributed by atoms with van der Waals surface area (Å²) in [6.07, 6.45) is 0. The van der Waals surface area contributed by atoms with Gasteiger partial charge >= 0.3 is 0 Å². The summed E-state index contributed by atoms with van der Waals surface area (Å²) < 4.78 is 0. The van der Waals surface area contributed by atoms with Crippen LogP contribution in [0.15, 0.2) is 53.7 Å². The van der Waals surface area contributed by atoms with Crippen LogP contribution in [0.4, 0.5) is 11.4 Å². The van der Waals surface area contributed by atoms with E-state index in [1.165, 1.54) is 18.2 Å². The highest BCUT2D eigenvalue weighted by Crippen LogP contribution is 2.34. The fraction of sp³-hybridized carbons (Fsp3) is 0.200. The van der Waals surface area contributed by atoms with Crippen LogP contribution >= 0.6 is 35.4 Å². The van der Waals surface area contributed by atoms with E-state index in [1.54, 1.807) is 24.3 Å². The van der Waals surface area contributed by atoms with Gasteiger partial charge in [0.1, 0.15) is 0 Å². The summed E-state index contributed by atoms with van der Waals surface area (Å²) in [7, 11) is 0. The number of nitrogens with one attached hydrogen (secondary N) is 3. The normalized spacial score (nSPS) is 16.2. The lowest BCUT2D eigenvalue weighted by atomic mass is 9.91. The summed E-state index contributed by atoms with van der Waals surface area (Å²) in [6.45, 7) is 3.87. The minimum absolute atomic E-state index is 0.0406. The molecule has 0 aromatic heterocycles. The van der Waals surface area contributed by atoms with Crippen LogP contribution in [0.3, 0.4) is 0 Å². The third-order valence-electron chi connectivity index (χ3n) is 4.52. The monoisotopic (exact) mass is 464 g/mol. The van der Waals surface area contributed by atoms with Gasteiger partial charge in [-0.2, -0.15) is 0 Å². The predicted molar refractivity (Wildman–Crippen MR) is 122 cm³/mol. The van der Waals surface area contributed by atoms with Gasteiger partial charge in [0.15, 0.2) is 5.11 Å². The molecule has 0 saturated carbocycles. The van der Waals surface area contributed by atoms with Gasteiger partial charge in [0.2, 0.25) is 0 Å². The summed E-state index contributed by atoms with van der Waals surface area (Å²) in [5.74, 6) is -0.459. The van der Waals surface area contributed by atoms with Gasteiger partial charge in [0.25, 0.3) is 11.6 Å². The van der Waals surface area contributed by atoms with Crippen molar-refractivity contribution in [3.05, 3.63) is 79.5 Å². The number of rotatable bonds is 5. The Morgan fingerprint density at radius 3 is 2.57 bits per heavy atom. The zero-order valence-corrected chi connectivity index (χ0v) is 18.4. The fourth-order valence-electron chi connectivity index (χ4n) is 3.13. The van der Waals surface area contributed by atoms with Crippen LogP contribution in [-0.2, 0) is 4.79 Å². The molecule has 1 amide bonds. The van der Waals surface area contributed by atoms with Crippen molar-refractivity contribution in [2.75, 3.05) is 5.32 Å². The number of halogens is 2. The topological polar surface area (TPSA) is 96.3 Å². The second kappa shape index (κ2) is 8.99. The Hall–Kier alpha value is -2.68. The third kappa shape index (κ3) is 4.72. The third-order valence-corrected chi connectivity index (χ3v) is 5.48. The summed E-state index contributed by atoms with van der Waals surface area (Å²) >= 11 is 17.6. The average molecular weight is 465 g/mol. The van der Waals surface area contributed by atoms with E-state index in [1.807, 2.05) is 13.8 Å². The van der Waals surface area contributed by atoms with Gasteiger partial charge in [-0.05, 0) is 41.9 Å². The van der Waals surface area contributed by atoms with Crippen LogP contribution in [0.5, 0.6) is 0 Å². The Bertz CT molecular complexity index is 1070. The lowest BCUT2D eigenvalue weighted by Gasteiger charge is -2.33. The number of nitrogens with zero attached hydrogens (tertiary/aromatic N) is 1. The second-order valence-corrected chi connectivity index (χ2v) is 8.17. The number of nitro benzene ring substituents is 1. The molecule has 2 aromatic carbocycles. The molecule has 0 radical (unpaired) electrons. The predicted octanol–water partition coefficient (Wildman–Crippen LogP) is 4.97. The van der Waals surface area contributed by atoms with Crippen LogP contribution in [-0.4, -0.2) is 15.9 Å². The summed E-state index contributed by atoms with van der Waals surface area (Å²) in [6, 6.07) is 10.3. The minimum Gasteiger partial charge on any atom is -0.351 e. The van der Waals surface area contributed by atoms with Crippen LogP contribution in [0.1, 0.15) is 25.5 Å². The van der Waals surface area contributed by atoms with Crippen LogP contribution in [0.25, 0.3) is 0 Å². The van der Waals surface area contributed by atoms with E-state index >= 15 is 0 Å². The maximum atomic E-state index is 13.3. The smallest absolute Gasteiger partial charge is 0.271 e. The molecule has 1 heterocycles. The molecule has 0 aliphatic carbocycles. The molecule has 7 nitrogen and oxygen atoms in total. The Labute approximate surface area is 188 Å². The molecule has 2 aromatic rings. The number of carbonyl (C=O) groups excluding carboxylic acids is 1. The van der Waals surface area contributed by atoms with Crippen molar-refractivity contribution in [3.63, 3.8) is 0 Å². The van der Waals surface area contributed by atoms with Crippen molar-refractivity contribution >= 4 is 57.8 Å². The largest absolute Gasteiger partial charge is 0.351 e. The summed E-state index contributed by atoms with van der Waals surface area (Å²) in [5, 5.41) is 21.1. The number of benzene rings is 2. The van der Waals surface area contributed by atoms with Crippen LogP contribution < -0.4 is 16.0 Å². The zero-order chi connectivity index (χ0) is 22.0. The van der Waals surface area contributed by atoms with E-state index in [0.717, 1.165) is 0 Å². The van der Waals surface area contributed by atoms with Crippen LogP contribution in [0.2, 0.25) is 10.0 Å². The molecule has 0 saturated heterocycles. The average Bonchev–Trinajstić information content (AvgIpc) is 2.69. The number of hydrogen-bond acceptors (Lipinski definition) is 4. The molecule has 0 fully saturated rings. The molecular weight excluding hydrogens is 447 g/mol. The number of anilines is 1. The Morgan fingerprint density at radius 1 is 1.20 bits per heavy atom. The second-order valence-electron chi connectivity index (χ2n) is 6.95. The summed E-state index contributed by atoms with van der Waals surface area (Å²) in [4.78, 5) is 23.8. The first-order chi connectivity index (χ1) is 14.2. The van der Waals surface area contributed by atoms with Gasteiger partial charge in [0.05, 0.1) is 26.6 Å². The lowest BCUT2D eigenvalue weighted by molar-refractivity contribution is -0.384. The Balaban J connectivity index is 2.04. The number of thiocarbonyl (C=S) groups is 1. The van der Waals surface area contributed by atoms with Crippen molar-refractivity contribution in [3.8, 4) is 0 Å². The Morgan fingerprint density at radius 2 is 1.93 bits per heavy atom. The number of hydrogen-bond donors (Lipinski definition) is 3. The van der Waals surface area contributed by atoms with Crippen molar-refractivity contribution in [2.45, 2.75) is 19.9 Å². The molecule has 0 bridgehead atoms. The molecule has 1 atom stereocenters. The van der Waals surface area contributed by atoms with Gasteiger partial charge < -0.3 is 16.0 Å². The lowest BCUT2D eigenvalue weighted by Crippen LogP contribution is -2.47. The minimum atomic E-state index is -0.579. The summed E-state index contributed by atoms with van der Waals surface area (Å²) in [5.41, 5.74) is 1.95. The molecule has 10 heteroatoms. The standard InChI is InChI=1S/C20H18Cl2N4O3S/c1-10(2)17-16(19(27)23-12-4-3-5-13(9-12)26(28)29)18(25-20(30)24-17)11-6-7-14(21)15(22)8-11/h3-10,18H,1-2H3,(H,23,27)(H2,24,25,30). The zero-order valence-electron chi connectivity index (χ0n) is 16.0. The number of allylic oxidation sites excluding steroid dienone is 1. The van der Waals surface area contributed by atoms with E-state index in [9.17, 15) is 14.9 Å². The highest BCUT2D eigenvalue weighted by Gasteiger charge is 2.33. The van der Waals surface area contributed by atoms with Crippen molar-refractivity contribution in [2.24, 2.45) is 5.92 Å². The van der Waals surface area contributed by atoms with Gasteiger partial charge in [-0.15, -0.1) is 0 Å². The molecule has 0 spiro atoms. The maximum Gasteiger partial charge on any atom is 0.271 e. The van der Waals surface area contributed by atoms with E-state index in [0.29, 0.717) is 37.7 Å². The van der Waals surface area contributed by atoms with Crippen molar-refractivity contribution in [1.29, 1.82) is 0 Å². The molecule has 156 valence electrons. The Kier molecular flexibility index (Phi) is 6.60. The first-order valence-corrected chi connectivity index (χ1v) is 10.2. The molecule has 3 N–H and O–H groups in total. The maximum absolute atomic E-state index is 13.3. The molecule has 30 heavy (non-hydrogen) atoms. The highest BCUT2D eigenvalue weighted by molar-refractivity contribution is 7.80. The van der Waals surface area contributed by atoms with Crippen molar-refractivity contribution < 1.29 is 9.72 Å². The molecule has 3 rings (SSSR count). The number of amides is 1. The quantitative estimate of drug-likeness (QED) is 0.328. The number of carbonyl (C=O) groups is 1.